The molecule has 34 heavy (non-hydrogen) atoms. The predicted octanol–water partition coefficient (Wildman–Crippen LogP) is 3.98. The van der Waals surface area contributed by atoms with Crippen LogP contribution in [0.5, 0.6) is 0 Å². The molecule has 1 spiro atoms. The molecule has 2 aliphatic heterocycles. The van der Waals surface area contributed by atoms with E-state index in [0.29, 0.717) is 34.3 Å². The maximum Gasteiger partial charge on any atom is 0.229 e. The third kappa shape index (κ3) is 5.30. The second kappa shape index (κ2) is 10.1. The Morgan fingerprint density at radius 3 is 2.56 bits per heavy atom. The molecule has 184 valence electrons. The van der Waals surface area contributed by atoms with Gasteiger partial charge in [0, 0.05) is 32.3 Å². The highest BCUT2D eigenvalue weighted by atomic mass is 35.5. The lowest BCUT2D eigenvalue weighted by molar-refractivity contribution is -0.131. The smallest absolute Gasteiger partial charge is 0.229 e. The molecule has 0 atom stereocenters. The number of hydrogen-bond acceptors (Lipinski definition) is 7. The van der Waals surface area contributed by atoms with Crippen molar-refractivity contribution < 1.29 is 4.79 Å². The van der Waals surface area contributed by atoms with Gasteiger partial charge in [-0.05, 0) is 69.9 Å². The van der Waals surface area contributed by atoms with Crippen LogP contribution in [0.1, 0.15) is 64.3 Å². The topological polar surface area (TPSA) is 100 Å². The molecule has 3 aliphatic rings. The SMILES string of the molecule is CC(=O)N1CCC2(CCC(Nc3nc(Nc4cnn(C5CCNCC5)c4)ncc3Cl)CC2)CC1. The zero-order valence-corrected chi connectivity index (χ0v) is 20.7. The summed E-state index contributed by atoms with van der Waals surface area (Å²) in [6.07, 6.45) is 14.5. The van der Waals surface area contributed by atoms with E-state index in [1.54, 1.807) is 13.1 Å². The summed E-state index contributed by atoms with van der Waals surface area (Å²) in [5.41, 5.74) is 1.27. The maximum atomic E-state index is 11.7. The van der Waals surface area contributed by atoms with Crippen LogP contribution in [-0.4, -0.2) is 62.8 Å². The Labute approximate surface area is 206 Å². The number of halogens is 1. The maximum absolute atomic E-state index is 11.7. The number of rotatable bonds is 5. The number of likely N-dealkylation sites (tertiary alicyclic amines) is 1. The third-order valence-electron chi connectivity index (χ3n) is 7.94. The molecule has 3 N–H and O–H groups in total. The van der Waals surface area contributed by atoms with Crippen LogP contribution in [0.3, 0.4) is 0 Å². The molecular weight excluding hydrogens is 452 g/mol. The van der Waals surface area contributed by atoms with Gasteiger partial charge in [-0.1, -0.05) is 11.6 Å². The average Bonchev–Trinajstić information content (AvgIpc) is 3.32. The zero-order chi connectivity index (χ0) is 23.5. The lowest BCUT2D eigenvalue weighted by atomic mass is 9.67. The van der Waals surface area contributed by atoms with Crippen molar-refractivity contribution in [2.24, 2.45) is 5.41 Å². The summed E-state index contributed by atoms with van der Waals surface area (Å²) in [5, 5.41) is 15.3. The largest absolute Gasteiger partial charge is 0.366 e. The quantitative estimate of drug-likeness (QED) is 0.587. The van der Waals surface area contributed by atoms with Gasteiger partial charge < -0.3 is 20.9 Å². The van der Waals surface area contributed by atoms with Crippen molar-refractivity contribution in [2.45, 2.75) is 70.4 Å². The molecule has 4 heterocycles. The summed E-state index contributed by atoms with van der Waals surface area (Å²) in [7, 11) is 0. The van der Waals surface area contributed by atoms with Crippen LogP contribution in [-0.2, 0) is 4.79 Å². The van der Waals surface area contributed by atoms with E-state index >= 15 is 0 Å². The Bertz CT molecular complexity index is 987. The summed E-state index contributed by atoms with van der Waals surface area (Å²) >= 11 is 6.44. The first kappa shape index (κ1) is 23.4. The van der Waals surface area contributed by atoms with E-state index in [1.165, 1.54) is 12.8 Å². The van der Waals surface area contributed by atoms with E-state index in [1.807, 2.05) is 22.0 Å². The van der Waals surface area contributed by atoms with Crippen molar-refractivity contribution in [1.82, 2.24) is 30.0 Å². The van der Waals surface area contributed by atoms with Crippen molar-refractivity contribution in [2.75, 3.05) is 36.8 Å². The molecule has 1 aliphatic carbocycles. The number of anilines is 3. The number of hydrogen-bond donors (Lipinski definition) is 3. The third-order valence-corrected chi connectivity index (χ3v) is 8.22. The van der Waals surface area contributed by atoms with Gasteiger partial charge in [0.2, 0.25) is 11.9 Å². The Kier molecular flexibility index (Phi) is 6.92. The molecule has 9 nitrogen and oxygen atoms in total. The highest BCUT2D eigenvalue weighted by Crippen LogP contribution is 2.45. The number of nitrogens with zero attached hydrogens (tertiary/aromatic N) is 5. The van der Waals surface area contributed by atoms with Crippen LogP contribution < -0.4 is 16.0 Å². The van der Waals surface area contributed by atoms with Gasteiger partial charge in [0.25, 0.3) is 0 Å². The molecule has 3 fully saturated rings. The van der Waals surface area contributed by atoms with E-state index in [0.717, 1.165) is 70.4 Å². The number of piperidine rings is 2. The van der Waals surface area contributed by atoms with Crippen LogP contribution >= 0.6 is 11.6 Å². The second-order valence-electron chi connectivity index (χ2n) is 10.1. The van der Waals surface area contributed by atoms with Crippen LogP contribution in [0.15, 0.2) is 18.6 Å². The Morgan fingerprint density at radius 2 is 1.85 bits per heavy atom. The minimum Gasteiger partial charge on any atom is -0.366 e. The standard InChI is InChI=1S/C24H35ClN8O/c1-17(34)32-12-8-24(9-13-32)6-2-18(3-7-24)29-22-21(25)15-27-23(31-22)30-19-14-28-33(16-19)20-4-10-26-11-5-20/h14-16,18,20,26H,2-13H2,1H3,(H2,27,29,30,31). The van der Waals surface area contributed by atoms with E-state index in [2.05, 4.69) is 31.0 Å². The van der Waals surface area contributed by atoms with Gasteiger partial charge >= 0.3 is 0 Å². The minimum atomic E-state index is 0.201. The second-order valence-corrected chi connectivity index (χ2v) is 10.5. The molecule has 2 aromatic heterocycles. The Hall–Kier alpha value is -2.39. The molecule has 1 amide bonds. The molecule has 5 rings (SSSR count). The molecule has 2 aromatic rings. The summed E-state index contributed by atoms with van der Waals surface area (Å²) in [4.78, 5) is 22.7. The summed E-state index contributed by atoms with van der Waals surface area (Å²) in [5.74, 6) is 1.39. The summed E-state index contributed by atoms with van der Waals surface area (Å²) < 4.78 is 2.04. The first-order valence-electron chi connectivity index (χ1n) is 12.6. The number of carbonyl (C=O) groups excluding carboxylic acids is 1. The molecule has 1 saturated carbocycles. The first-order chi connectivity index (χ1) is 16.5. The molecule has 0 aromatic carbocycles. The predicted molar refractivity (Wildman–Crippen MR) is 133 cm³/mol. The van der Waals surface area contributed by atoms with E-state index in [9.17, 15) is 4.79 Å². The molecule has 0 bridgehead atoms. The molecular formula is C24H35ClN8O. The molecule has 0 radical (unpaired) electrons. The van der Waals surface area contributed by atoms with Crippen LogP contribution in [0, 0.1) is 5.41 Å². The highest BCUT2D eigenvalue weighted by molar-refractivity contribution is 6.32. The lowest BCUT2D eigenvalue weighted by Gasteiger charge is -2.46. The zero-order valence-electron chi connectivity index (χ0n) is 19.9. The molecule has 2 saturated heterocycles. The highest BCUT2D eigenvalue weighted by Gasteiger charge is 2.38. The Morgan fingerprint density at radius 1 is 1.12 bits per heavy atom. The van der Waals surface area contributed by atoms with Gasteiger partial charge in [-0.25, -0.2) is 4.98 Å². The fourth-order valence-electron chi connectivity index (χ4n) is 5.69. The lowest BCUT2D eigenvalue weighted by Crippen LogP contribution is -2.45. The van der Waals surface area contributed by atoms with Crippen molar-refractivity contribution in [3.05, 3.63) is 23.6 Å². The van der Waals surface area contributed by atoms with Crippen molar-refractivity contribution >= 4 is 35.0 Å². The van der Waals surface area contributed by atoms with Crippen LogP contribution in [0.2, 0.25) is 5.02 Å². The molecule has 0 unspecified atom stereocenters. The number of carbonyl (C=O) groups is 1. The first-order valence-corrected chi connectivity index (χ1v) is 12.9. The fourth-order valence-corrected chi connectivity index (χ4v) is 5.84. The van der Waals surface area contributed by atoms with Crippen molar-refractivity contribution in [3.8, 4) is 0 Å². The fraction of sp³-hybridized carbons (Fsp3) is 0.667. The minimum absolute atomic E-state index is 0.201. The van der Waals surface area contributed by atoms with Gasteiger partial charge in [-0.3, -0.25) is 9.48 Å². The molecule has 10 heteroatoms. The summed E-state index contributed by atoms with van der Waals surface area (Å²) in [6, 6.07) is 0.781. The van der Waals surface area contributed by atoms with Crippen molar-refractivity contribution in [3.63, 3.8) is 0 Å². The van der Waals surface area contributed by atoms with Gasteiger partial charge in [0.1, 0.15) is 5.02 Å². The number of aromatic nitrogens is 4. The monoisotopic (exact) mass is 486 g/mol. The Balaban J connectivity index is 1.17. The van der Waals surface area contributed by atoms with Gasteiger partial charge in [-0.2, -0.15) is 10.1 Å². The number of nitrogens with one attached hydrogen (secondary N) is 3. The van der Waals surface area contributed by atoms with E-state index < -0.39 is 0 Å². The summed E-state index contributed by atoms with van der Waals surface area (Å²) in [6.45, 7) is 5.53. The van der Waals surface area contributed by atoms with Gasteiger partial charge in [0.15, 0.2) is 5.82 Å². The van der Waals surface area contributed by atoms with E-state index in [4.69, 9.17) is 11.6 Å². The van der Waals surface area contributed by atoms with Crippen LogP contribution in [0.4, 0.5) is 17.5 Å². The van der Waals surface area contributed by atoms with Crippen LogP contribution in [0.25, 0.3) is 0 Å². The van der Waals surface area contributed by atoms with Crippen molar-refractivity contribution in [1.29, 1.82) is 0 Å². The number of amides is 1. The normalized spacial score (nSPS) is 21.5. The van der Waals surface area contributed by atoms with Gasteiger partial charge in [-0.15, -0.1) is 0 Å². The average molecular weight is 487 g/mol. The van der Waals surface area contributed by atoms with E-state index in [-0.39, 0.29) is 5.91 Å². The van der Waals surface area contributed by atoms with Gasteiger partial charge in [0.05, 0.1) is 24.1 Å².